The summed E-state index contributed by atoms with van der Waals surface area (Å²) in [6.07, 6.45) is 3.02. The van der Waals surface area contributed by atoms with Crippen molar-refractivity contribution in [3.05, 3.63) is 35.4 Å². The zero-order chi connectivity index (χ0) is 18.8. The number of aromatic carboxylic acids is 1. The molecule has 1 aromatic carbocycles. The Morgan fingerprint density at radius 3 is 2.08 bits per heavy atom. The highest BCUT2D eigenvalue weighted by atomic mass is 16.6. The van der Waals surface area contributed by atoms with E-state index in [1.165, 1.54) is 24.3 Å². The second-order valence-corrected chi connectivity index (χ2v) is 5.90. The van der Waals surface area contributed by atoms with E-state index in [-0.39, 0.29) is 17.0 Å². The molecule has 1 aromatic rings. The topological polar surface area (TPSA) is 124 Å². The molecule has 2 atom stereocenters. The summed E-state index contributed by atoms with van der Waals surface area (Å²) in [5.74, 6) is -1.65. The van der Waals surface area contributed by atoms with Crippen molar-refractivity contribution in [2.24, 2.45) is 5.92 Å². The van der Waals surface area contributed by atoms with Gasteiger partial charge in [0.1, 0.15) is 12.2 Å². The quantitative estimate of drug-likeness (QED) is 0.570. The summed E-state index contributed by atoms with van der Waals surface area (Å²) < 4.78 is 5.43. The Morgan fingerprint density at radius 2 is 1.60 bits per heavy atom. The molecular formula is C18H26O7. The normalized spacial score (nSPS) is 17.0. The van der Waals surface area contributed by atoms with Gasteiger partial charge in [0.25, 0.3) is 0 Å². The molecule has 0 radical (unpaired) electrons. The molecule has 2 unspecified atom stereocenters. The Kier molecular flexibility index (Phi) is 9.12. The van der Waals surface area contributed by atoms with Gasteiger partial charge in [-0.25, -0.2) is 9.59 Å². The number of aliphatic hydroxyl groups excluding tert-OH is 3. The first-order valence-corrected chi connectivity index (χ1v) is 8.31. The first-order chi connectivity index (χ1) is 12.0. The third kappa shape index (κ3) is 6.12. The van der Waals surface area contributed by atoms with Gasteiger partial charge in [0.2, 0.25) is 0 Å². The molecular weight excluding hydrogens is 328 g/mol. The van der Waals surface area contributed by atoms with E-state index < -0.39 is 30.8 Å². The largest absolute Gasteiger partial charge is 0.478 e. The van der Waals surface area contributed by atoms with Crippen molar-refractivity contribution in [1.29, 1.82) is 0 Å². The maximum atomic E-state index is 12.2. The predicted molar refractivity (Wildman–Crippen MR) is 90.4 cm³/mol. The number of esters is 1. The van der Waals surface area contributed by atoms with Crippen LogP contribution in [0.3, 0.4) is 0 Å². The van der Waals surface area contributed by atoms with E-state index >= 15 is 0 Å². The van der Waals surface area contributed by atoms with Crippen LogP contribution in [-0.4, -0.2) is 58.3 Å². The van der Waals surface area contributed by atoms with Crippen molar-refractivity contribution in [2.75, 3.05) is 13.7 Å². The maximum Gasteiger partial charge on any atom is 0.338 e. The number of benzene rings is 1. The van der Waals surface area contributed by atoms with Crippen LogP contribution >= 0.6 is 0 Å². The highest BCUT2D eigenvalue weighted by Gasteiger charge is 2.32. The highest BCUT2D eigenvalue weighted by molar-refractivity contribution is 5.92. The number of hydrogen-bond donors (Lipinski definition) is 4. The number of rotatable bonds is 6. The van der Waals surface area contributed by atoms with Crippen molar-refractivity contribution < 1.29 is 34.8 Å². The number of carbonyl (C=O) groups excluding carboxylic acids is 1. The van der Waals surface area contributed by atoms with Crippen molar-refractivity contribution >= 4 is 11.9 Å². The lowest BCUT2D eigenvalue weighted by Crippen LogP contribution is -2.40. The fraction of sp³-hybridized carbons (Fsp3) is 0.556. The summed E-state index contributed by atoms with van der Waals surface area (Å²) in [4.78, 5) is 23.1. The average molecular weight is 354 g/mol. The molecule has 0 bridgehead atoms. The minimum Gasteiger partial charge on any atom is -0.478 e. The minimum atomic E-state index is -1.11. The molecule has 140 valence electrons. The fourth-order valence-corrected chi connectivity index (χ4v) is 3.00. The number of aliphatic hydroxyl groups is 3. The van der Waals surface area contributed by atoms with E-state index in [1.807, 2.05) is 0 Å². The summed E-state index contributed by atoms with van der Waals surface area (Å²) in [7, 11) is 1.00. The molecule has 0 heterocycles. The average Bonchev–Trinajstić information content (AvgIpc) is 2.67. The van der Waals surface area contributed by atoms with Gasteiger partial charge in [0, 0.05) is 7.11 Å². The second kappa shape index (κ2) is 10.8. The van der Waals surface area contributed by atoms with Gasteiger partial charge in [0.05, 0.1) is 17.7 Å². The third-order valence-corrected chi connectivity index (χ3v) is 4.29. The van der Waals surface area contributed by atoms with Crippen LogP contribution in [0.25, 0.3) is 0 Å². The predicted octanol–water partition coefficient (Wildman–Crippen LogP) is 1.45. The van der Waals surface area contributed by atoms with E-state index in [0.717, 1.165) is 39.2 Å². The monoisotopic (exact) mass is 354 g/mol. The molecule has 1 aliphatic carbocycles. The molecule has 7 nitrogen and oxygen atoms in total. The van der Waals surface area contributed by atoms with Gasteiger partial charge in [-0.3, -0.25) is 0 Å². The number of ether oxygens (including phenoxy) is 1. The van der Waals surface area contributed by atoms with Crippen LogP contribution in [0.5, 0.6) is 0 Å². The van der Waals surface area contributed by atoms with Gasteiger partial charge in [-0.1, -0.05) is 19.3 Å². The van der Waals surface area contributed by atoms with Gasteiger partial charge < -0.3 is 25.2 Å². The van der Waals surface area contributed by atoms with E-state index in [9.17, 15) is 19.8 Å². The molecule has 2 rings (SSSR count). The molecule has 25 heavy (non-hydrogen) atoms. The number of carboxylic acids is 1. The summed E-state index contributed by atoms with van der Waals surface area (Å²) >= 11 is 0. The lowest BCUT2D eigenvalue weighted by Gasteiger charge is -2.32. The smallest absolute Gasteiger partial charge is 0.338 e. The Morgan fingerprint density at radius 1 is 1.08 bits per heavy atom. The lowest BCUT2D eigenvalue weighted by molar-refractivity contribution is -0.0667. The summed E-state index contributed by atoms with van der Waals surface area (Å²) in [5.41, 5.74) is 0.307. The molecule has 1 fully saturated rings. The van der Waals surface area contributed by atoms with E-state index in [1.54, 1.807) is 0 Å². The second-order valence-electron chi connectivity index (χ2n) is 5.90. The van der Waals surface area contributed by atoms with Crippen LogP contribution in [0, 0.1) is 5.92 Å². The van der Waals surface area contributed by atoms with E-state index in [2.05, 4.69) is 0 Å². The highest BCUT2D eigenvalue weighted by Crippen LogP contribution is 2.30. The molecule has 4 N–H and O–H groups in total. The van der Waals surface area contributed by atoms with Gasteiger partial charge in [-0.15, -0.1) is 0 Å². The maximum absolute atomic E-state index is 12.2. The molecule has 1 aliphatic rings. The first kappa shape index (κ1) is 21.1. The van der Waals surface area contributed by atoms with Crippen LogP contribution in [0.1, 0.15) is 52.8 Å². The molecule has 0 saturated heterocycles. The molecule has 0 spiro atoms. The standard InChI is InChI=1S/C17H22O6.CH4O/c18-10-14(19)15(11-4-2-1-3-5-11)23-17(22)13-8-6-12(7-9-13)16(20)21;1-2/h6-9,11,14-15,18-19H,1-5,10H2,(H,20,21);2H,1H3. The Bertz CT molecular complexity index is 535. The molecule has 0 aliphatic heterocycles. The molecule has 0 amide bonds. The lowest BCUT2D eigenvalue weighted by atomic mass is 9.83. The van der Waals surface area contributed by atoms with Crippen molar-refractivity contribution in [3.8, 4) is 0 Å². The van der Waals surface area contributed by atoms with Crippen LogP contribution < -0.4 is 0 Å². The van der Waals surface area contributed by atoms with Gasteiger partial charge in [-0.05, 0) is 43.0 Å². The Balaban J connectivity index is 0.00000151. The van der Waals surface area contributed by atoms with Crippen LogP contribution in [0.2, 0.25) is 0 Å². The zero-order valence-electron chi connectivity index (χ0n) is 14.3. The van der Waals surface area contributed by atoms with Gasteiger partial charge in [-0.2, -0.15) is 0 Å². The molecule has 7 heteroatoms. The van der Waals surface area contributed by atoms with Gasteiger partial charge >= 0.3 is 11.9 Å². The van der Waals surface area contributed by atoms with Crippen LogP contribution in [-0.2, 0) is 4.74 Å². The number of hydrogen-bond acceptors (Lipinski definition) is 6. The van der Waals surface area contributed by atoms with Crippen molar-refractivity contribution in [1.82, 2.24) is 0 Å². The van der Waals surface area contributed by atoms with Crippen LogP contribution in [0.15, 0.2) is 24.3 Å². The minimum absolute atomic E-state index is 0.0353. The van der Waals surface area contributed by atoms with E-state index in [4.69, 9.17) is 14.9 Å². The third-order valence-electron chi connectivity index (χ3n) is 4.29. The molecule has 0 aromatic heterocycles. The fourth-order valence-electron chi connectivity index (χ4n) is 3.00. The number of carboxylic acid groups (broad SMARTS) is 1. The van der Waals surface area contributed by atoms with Gasteiger partial charge in [0.15, 0.2) is 0 Å². The van der Waals surface area contributed by atoms with Crippen LogP contribution in [0.4, 0.5) is 0 Å². The molecule has 1 saturated carbocycles. The SMILES string of the molecule is CO.O=C(O)c1ccc(C(=O)OC(C(O)CO)C2CCCCC2)cc1. The Hall–Kier alpha value is -1.96. The van der Waals surface area contributed by atoms with E-state index in [0.29, 0.717) is 0 Å². The Labute approximate surface area is 146 Å². The summed E-state index contributed by atoms with van der Waals surface area (Å²) in [6.45, 7) is -0.466. The number of carbonyl (C=O) groups is 2. The first-order valence-electron chi connectivity index (χ1n) is 8.31. The van der Waals surface area contributed by atoms with Crippen molar-refractivity contribution in [2.45, 2.75) is 44.3 Å². The summed E-state index contributed by atoms with van der Waals surface area (Å²) in [5, 5.41) is 35.0. The zero-order valence-corrected chi connectivity index (χ0v) is 14.3. The van der Waals surface area contributed by atoms with Crippen molar-refractivity contribution in [3.63, 3.8) is 0 Å². The summed E-state index contributed by atoms with van der Waals surface area (Å²) in [6, 6.07) is 5.43.